The minimum absolute atomic E-state index is 0.00651. The van der Waals surface area contributed by atoms with Crippen LogP contribution in [0, 0.1) is 17.7 Å². The Kier molecular flexibility index (Phi) is 4.83. The molecule has 1 aliphatic heterocycles. The Morgan fingerprint density at radius 3 is 2.68 bits per heavy atom. The van der Waals surface area contributed by atoms with E-state index in [1.165, 1.54) is 6.07 Å². The number of nitrogens with one attached hydrogen (secondary N) is 1. The molecule has 3 rings (SSSR count). The first kappa shape index (κ1) is 17.5. The maximum atomic E-state index is 14.0. The molecule has 0 saturated heterocycles. The van der Waals surface area contributed by atoms with Crippen LogP contribution in [0.3, 0.4) is 0 Å². The van der Waals surface area contributed by atoms with Crippen LogP contribution < -0.4 is 5.32 Å². The van der Waals surface area contributed by atoms with Gasteiger partial charge in [0.2, 0.25) is 0 Å². The van der Waals surface area contributed by atoms with Crippen LogP contribution in [0.15, 0.2) is 12.1 Å². The van der Waals surface area contributed by atoms with Gasteiger partial charge in [-0.1, -0.05) is 6.07 Å². The van der Waals surface area contributed by atoms with Gasteiger partial charge in [-0.2, -0.15) is 0 Å². The van der Waals surface area contributed by atoms with Gasteiger partial charge in [-0.3, -0.25) is 4.79 Å². The fourth-order valence-corrected chi connectivity index (χ4v) is 4.05. The Balaban J connectivity index is 1.56. The van der Waals surface area contributed by atoms with Gasteiger partial charge < -0.3 is 20.4 Å². The number of carbonyl (C=O) groups excluding carboxylic acids is 1. The van der Waals surface area contributed by atoms with E-state index in [9.17, 15) is 19.1 Å². The number of amides is 2. The van der Waals surface area contributed by atoms with Gasteiger partial charge in [-0.05, 0) is 56.1 Å². The van der Waals surface area contributed by atoms with Gasteiger partial charge in [0.05, 0.1) is 5.56 Å². The van der Waals surface area contributed by atoms with Crippen molar-refractivity contribution in [2.45, 2.75) is 45.2 Å². The third kappa shape index (κ3) is 3.55. The van der Waals surface area contributed by atoms with Crippen LogP contribution in [0.25, 0.3) is 0 Å². The number of carboxylic acid groups (broad SMARTS) is 1. The number of nitrogens with zero attached hydrogens (tertiary/aromatic N) is 1. The largest absolute Gasteiger partial charge is 0.505 e. The second-order valence-electron chi connectivity index (χ2n) is 7.14. The Bertz CT molecular complexity index is 686. The number of phenols is 1. The van der Waals surface area contributed by atoms with Crippen molar-refractivity contribution < 1.29 is 24.2 Å². The number of fused-ring (bicyclic) bond motifs is 1. The molecule has 3 N–H and O–H groups in total. The van der Waals surface area contributed by atoms with Crippen LogP contribution in [0.1, 0.15) is 48.5 Å². The molecule has 0 bridgehead atoms. The van der Waals surface area contributed by atoms with E-state index in [4.69, 9.17) is 5.11 Å². The first-order valence-electron chi connectivity index (χ1n) is 8.66. The quantitative estimate of drug-likeness (QED) is 0.779. The lowest BCUT2D eigenvalue weighted by atomic mass is 9.78. The molecule has 6 nitrogen and oxygen atoms in total. The number of carbonyl (C=O) groups is 2. The summed E-state index contributed by atoms with van der Waals surface area (Å²) in [6.45, 7) is 2.83. The standard InChI is InChI=1S/C18H23FN2O4/c1-10(20-18(24)25)12-4-2-11(3-5-12)8-21-9-13-6-7-14(22)16(19)15(13)17(21)23/h6-7,10-12,20,22H,2-5,8-9H2,1H3,(H,24,25)/t10?,11-,12-. The van der Waals surface area contributed by atoms with Gasteiger partial charge in [0.25, 0.3) is 5.91 Å². The molecule has 1 aromatic rings. The van der Waals surface area contributed by atoms with E-state index in [0.29, 0.717) is 30.5 Å². The minimum atomic E-state index is -1.000. The number of halogens is 1. The number of phenolic OH excluding ortho intramolecular Hbond substituents is 1. The van der Waals surface area contributed by atoms with Crippen molar-refractivity contribution >= 4 is 12.0 Å². The predicted molar refractivity (Wildman–Crippen MR) is 88.9 cm³/mol. The van der Waals surface area contributed by atoms with Crippen LogP contribution in [-0.2, 0) is 6.54 Å². The van der Waals surface area contributed by atoms with Gasteiger partial charge in [-0.25, -0.2) is 9.18 Å². The topological polar surface area (TPSA) is 89.9 Å². The highest BCUT2D eigenvalue weighted by Crippen LogP contribution is 2.35. The normalized spacial score (nSPS) is 24.1. The Labute approximate surface area is 145 Å². The second-order valence-corrected chi connectivity index (χ2v) is 7.14. The van der Waals surface area contributed by atoms with Crippen molar-refractivity contribution in [1.29, 1.82) is 0 Å². The molecule has 136 valence electrons. The van der Waals surface area contributed by atoms with Gasteiger partial charge in [0, 0.05) is 19.1 Å². The molecule has 0 spiro atoms. The molecular formula is C18H23FN2O4. The van der Waals surface area contributed by atoms with E-state index in [2.05, 4.69) is 5.32 Å². The second kappa shape index (κ2) is 6.90. The first-order chi connectivity index (χ1) is 11.9. The molecule has 25 heavy (non-hydrogen) atoms. The molecule has 2 amide bonds. The van der Waals surface area contributed by atoms with E-state index in [1.807, 2.05) is 6.92 Å². The van der Waals surface area contributed by atoms with E-state index >= 15 is 0 Å². The maximum Gasteiger partial charge on any atom is 0.404 e. The average Bonchev–Trinajstić information content (AvgIpc) is 2.88. The molecule has 1 aliphatic carbocycles. The summed E-state index contributed by atoms with van der Waals surface area (Å²) in [5, 5.41) is 20.8. The van der Waals surface area contributed by atoms with Gasteiger partial charge in [0.1, 0.15) is 0 Å². The number of hydrogen-bond acceptors (Lipinski definition) is 3. The van der Waals surface area contributed by atoms with Crippen LogP contribution in [0.5, 0.6) is 5.75 Å². The molecule has 1 unspecified atom stereocenters. The molecule has 1 saturated carbocycles. The number of aromatic hydroxyl groups is 1. The molecule has 2 aliphatic rings. The summed E-state index contributed by atoms with van der Waals surface area (Å²) in [4.78, 5) is 24.8. The SMILES string of the molecule is CC(NC(=O)O)[C@H]1CC[C@H](CN2Cc3ccc(O)c(F)c3C2=O)CC1. The molecule has 0 radical (unpaired) electrons. The van der Waals surface area contributed by atoms with Crippen LogP contribution >= 0.6 is 0 Å². The van der Waals surface area contributed by atoms with E-state index in [0.717, 1.165) is 25.7 Å². The van der Waals surface area contributed by atoms with Crippen molar-refractivity contribution in [2.24, 2.45) is 11.8 Å². The fraction of sp³-hybridized carbons (Fsp3) is 0.556. The average molecular weight is 350 g/mol. The zero-order chi connectivity index (χ0) is 18.1. The molecule has 1 atom stereocenters. The lowest BCUT2D eigenvalue weighted by molar-refractivity contribution is 0.0720. The Morgan fingerprint density at radius 2 is 2.04 bits per heavy atom. The Morgan fingerprint density at radius 1 is 1.36 bits per heavy atom. The molecule has 0 aromatic heterocycles. The zero-order valence-electron chi connectivity index (χ0n) is 14.2. The van der Waals surface area contributed by atoms with E-state index in [1.54, 1.807) is 11.0 Å². The fourth-order valence-electron chi connectivity index (χ4n) is 4.05. The number of hydrogen-bond donors (Lipinski definition) is 3. The third-order valence-corrected chi connectivity index (χ3v) is 5.50. The highest BCUT2D eigenvalue weighted by atomic mass is 19.1. The summed E-state index contributed by atoms with van der Waals surface area (Å²) < 4.78 is 14.0. The van der Waals surface area contributed by atoms with Gasteiger partial charge in [-0.15, -0.1) is 0 Å². The summed E-state index contributed by atoms with van der Waals surface area (Å²) in [6, 6.07) is 2.81. The summed E-state index contributed by atoms with van der Waals surface area (Å²) >= 11 is 0. The summed E-state index contributed by atoms with van der Waals surface area (Å²) in [7, 11) is 0. The Hall–Kier alpha value is -2.31. The van der Waals surface area contributed by atoms with Crippen LogP contribution in [0.2, 0.25) is 0 Å². The number of benzene rings is 1. The highest BCUT2D eigenvalue weighted by molar-refractivity contribution is 5.99. The van der Waals surface area contributed by atoms with Crippen molar-refractivity contribution in [2.75, 3.05) is 6.54 Å². The minimum Gasteiger partial charge on any atom is -0.505 e. The third-order valence-electron chi connectivity index (χ3n) is 5.50. The zero-order valence-corrected chi connectivity index (χ0v) is 14.2. The molecule has 7 heteroatoms. The number of rotatable bonds is 4. The van der Waals surface area contributed by atoms with Crippen molar-refractivity contribution in [1.82, 2.24) is 10.2 Å². The van der Waals surface area contributed by atoms with Gasteiger partial charge >= 0.3 is 6.09 Å². The maximum absolute atomic E-state index is 14.0. The molecule has 1 fully saturated rings. The molecule has 1 aromatic carbocycles. The highest BCUT2D eigenvalue weighted by Gasteiger charge is 2.34. The lowest BCUT2D eigenvalue weighted by Crippen LogP contribution is -2.40. The summed E-state index contributed by atoms with van der Waals surface area (Å²) in [6.07, 6.45) is 2.67. The molecule has 1 heterocycles. The van der Waals surface area contributed by atoms with Crippen LogP contribution in [0.4, 0.5) is 9.18 Å². The lowest BCUT2D eigenvalue weighted by Gasteiger charge is -2.33. The summed E-state index contributed by atoms with van der Waals surface area (Å²) in [5.74, 6) is -1.03. The predicted octanol–water partition coefficient (Wildman–Crippen LogP) is 2.95. The monoisotopic (exact) mass is 350 g/mol. The van der Waals surface area contributed by atoms with Gasteiger partial charge in [0.15, 0.2) is 11.6 Å². The first-order valence-corrected chi connectivity index (χ1v) is 8.66. The molecular weight excluding hydrogens is 327 g/mol. The van der Waals surface area contributed by atoms with Crippen molar-refractivity contribution in [3.63, 3.8) is 0 Å². The van der Waals surface area contributed by atoms with E-state index < -0.39 is 17.7 Å². The van der Waals surface area contributed by atoms with E-state index in [-0.39, 0.29) is 17.5 Å². The summed E-state index contributed by atoms with van der Waals surface area (Å²) in [5.41, 5.74) is 0.612. The smallest absolute Gasteiger partial charge is 0.404 e. The van der Waals surface area contributed by atoms with Crippen LogP contribution in [-0.4, -0.2) is 39.7 Å². The van der Waals surface area contributed by atoms with Crippen molar-refractivity contribution in [3.8, 4) is 5.75 Å². The van der Waals surface area contributed by atoms with Crippen molar-refractivity contribution in [3.05, 3.63) is 29.1 Å².